The van der Waals surface area contributed by atoms with Gasteiger partial charge >= 0.3 is 0 Å². The summed E-state index contributed by atoms with van der Waals surface area (Å²) >= 11 is 9.78. The maximum atomic E-state index is 13.8. The second kappa shape index (κ2) is 10.7. The van der Waals surface area contributed by atoms with E-state index < -0.39 is 5.91 Å². The Morgan fingerprint density at radius 1 is 1.09 bits per heavy atom. The summed E-state index contributed by atoms with van der Waals surface area (Å²) in [7, 11) is 1.51. The van der Waals surface area contributed by atoms with Crippen LogP contribution in [0, 0.1) is 5.82 Å². The van der Waals surface area contributed by atoms with E-state index in [4.69, 9.17) is 21.1 Å². The fraction of sp³-hybridized carbons (Fsp3) is 0.0769. The van der Waals surface area contributed by atoms with Crippen molar-refractivity contribution in [1.82, 2.24) is 5.43 Å². The Bertz CT molecular complexity index is 1370. The number of carbonyl (C=O) groups excluding carboxylic acids is 1. The van der Waals surface area contributed by atoms with Gasteiger partial charge in [0.15, 0.2) is 5.75 Å². The van der Waals surface area contributed by atoms with Crippen molar-refractivity contribution in [3.63, 3.8) is 0 Å². The number of carbonyl (C=O) groups is 1. The van der Waals surface area contributed by atoms with Crippen LogP contribution in [0.25, 0.3) is 10.8 Å². The van der Waals surface area contributed by atoms with Crippen LogP contribution in [0.15, 0.2) is 82.4 Å². The Balaban J connectivity index is 1.46. The van der Waals surface area contributed by atoms with E-state index in [1.165, 1.54) is 19.4 Å². The molecular weight excluding hydrogens is 523 g/mol. The smallest absolute Gasteiger partial charge is 0.275 e. The van der Waals surface area contributed by atoms with Crippen molar-refractivity contribution in [3.8, 4) is 11.5 Å². The van der Waals surface area contributed by atoms with Crippen LogP contribution in [0.5, 0.6) is 11.5 Å². The molecule has 4 rings (SSSR count). The van der Waals surface area contributed by atoms with Crippen molar-refractivity contribution in [2.45, 2.75) is 6.61 Å². The number of methoxy groups -OCH3 is 1. The monoisotopic (exact) mass is 540 g/mol. The minimum atomic E-state index is -0.408. The molecule has 1 N–H and O–H groups in total. The molecule has 172 valence electrons. The van der Waals surface area contributed by atoms with Gasteiger partial charge in [0, 0.05) is 5.56 Å². The molecule has 0 radical (unpaired) electrons. The van der Waals surface area contributed by atoms with Gasteiger partial charge in [0.2, 0.25) is 0 Å². The summed E-state index contributed by atoms with van der Waals surface area (Å²) in [5, 5.41) is 6.24. The van der Waals surface area contributed by atoms with Crippen LogP contribution in [-0.2, 0) is 6.61 Å². The van der Waals surface area contributed by atoms with Gasteiger partial charge in [0.25, 0.3) is 5.91 Å². The summed E-state index contributed by atoms with van der Waals surface area (Å²) in [6.45, 7) is 0.0298. The van der Waals surface area contributed by atoms with E-state index in [1.807, 2.05) is 30.3 Å². The molecule has 0 aliphatic heterocycles. The van der Waals surface area contributed by atoms with Crippen LogP contribution < -0.4 is 14.9 Å². The summed E-state index contributed by atoms with van der Waals surface area (Å²) < 4.78 is 25.5. The third-order valence-corrected chi connectivity index (χ3v) is 5.91. The van der Waals surface area contributed by atoms with Crippen molar-refractivity contribution in [2.24, 2.45) is 5.10 Å². The Kier molecular flexibility index (Phi) is 7.45. The second-order valence-electron chi connectivity index (χ2n) is 7.29. The highest BCUT2D eigenvalue weighted by Gasteiger charge is 2.14. The van der Waals surface area contributed by atoms with Gasteiger partial charge in [-0.3, -0.25) is 4.79 Å². The molecule has 0 heterocycles. The van der Waals surface area contributed by atoms with Crippen LogP contribution in [0.4, 0.5) is 4.39 Å². The van der Waals surface area contributed by atoms with Gasteiger partial charge < -0.3 is 9.47 Å². The van der Waals surface area contributed by atoms with E-state index in [2.05, 4.69) is 26.5 Å². The largest absolute Gasteiger partial charge is 0.496 e. The second-order valence-corrected chi connectivity index (χ2v) is 8.55. The van der Waals surface area contributed by atoms with Crippen LogP contribution in [-0.4, -0.2) is 19.2 Å². The maximum Gasteiger partial charge on any atom is 0.275 e. The topological polar surface area (TPSA) is 59.9 Å². The number of halogens is 3. The first kappa shape index (κ1) is 23.7. The highest BCUT2D eigenvalue weighted by Crippen LogP contribution is 2.35. The number of nitrogens with one attached hydrogen (secondary N) is 1. The molecule has 0 aliphatic carbocycles. The summed E-state index contributed by atoms with van der Waals surface area (Å²) in [5.41, 5.74) is 3.93. The number of hydrogen-bond donors (Lipinski definition) is 1. The lowest BCUT2D eigenvalue weighted by atomic mass is 10.1. The number of nitrogens with zero attached hydrogens (tertiary/aromatic N) is 1. The molecule has 34 heavy (non-hydrogen) atoms. The van der Waals surface area contributed by atoms with Crippen LogP contribution in [0.3, 0.4) is 0 Å². The van der Waals surface area contributed by atoms with Gasteiger partial charge in [-0.1, -0.05) is 54.1 Å². The molecule has 5 nitrogen and oxygen atoms in total. The Hall–Kier alpha value is -3.42. The van der Waals surface area contributed by atoms with Crippen LogP contribution >= 0.6 is 27.5 Å². The number of ether oxygens (including phenoxy) is 2. The first-order chi connectivity index (χ1) is 16.5. The summed E-state index contributed by atoms with van der Waals surface area (Å²) in [5.74, 6) is 0.0756. The number of rotatable bonds is 7. The van der Waals surface area contributed by atoms with E-state index in [-0.39, 0.29) is 12.4 Å². The molecule has 4 aromatic rings. The fourth-order valence-electron chi connectivity index (χ4n) is 3.35. The van der Waals surface area contributed by atoms with E-state index in [1.54, 1.807) is 36.4 Å². The van der Waals surface area contributed by atoms with Crippen molar-refractivity contribution in [1.29, 1.82) is 0 Å². The SMILES string of the molecule is COc1cc2ccccc2cc1C(=O)N/N=C\c1cc(Cl)c(OCc2ccccc2F)c(Br)c1. The molecule has 0 atom stereocenters. The summed E-state index contributed by atoms with van der Waals surface area (Å²) in [6, 6.07) is 21.0. The molecule has 0 unspecified atom stereocenters. The average molecular weight is 542 g/mol. The van der Waals surface area contributed by atoms with E-state index in [0.29, 0.717) is 37.7 Å². The molecule has 0 bridgehead atoms. The van der Waals surface area contributed by atoms with Gasteiger partial charge in [-0.05, 0) is 62.6 Å². The van der Waals surface area contributed by atoms with Crippen molar-refractivity contribution in [3.05, 3.63) is 105 Å². The first-order valence-electron chi connectivity index (χ1n) is 10.2. The lowest BCUT2D eigenvalue weighted by molar-refractivity contribution is 0.0952. The average Bonchev–Trinajstić information content (AvgIpc) is 2.83. The minimum Gasteiger partial charge on any atom is -0.496 e. The van der Waals surface area contributed by atoms with E-state index >= 15 is 0 Å². The lowest BCUT2D eigenvalue weighted by Crippen LogP contribution is -2.18. The molecule has 0 aromatic heterocycles. The minimum absolute atomic E-state index is 0.0298. The molecule has 0 saturated carbocycles. The van der Waals surface area contributed by atoms with Gasteiger partial charge in [-0.25, -0.2) is 9.82 Å². The Morgan fingerprint density at radius 3 is 2.50 bits per heavy atom. The zero-order chi connectivity index (χ0) is 24.1. The zero-order valence-corrected chi connectivity index (χ0v) is 20.4. The lowest BCUT2D eigenvalue weighted by Gasteiger charge is -2.11. The van der Waals surface area contributed by atoms with Gasteiger partial charge in [0.1, 0.15) is 18.2 Å². The predicted octanol–water partition coefficient (Wildman–Crippen LogP) is 6.75. The van der Waals surface area contributed by atoms with Crippen molar-refractivity contribution in [2.75, 3.05) is 7.11 Å². The molecule has 1 amide bonds. The van der Waals surface area contributed by atoms with Gasteiger partial charge in [-0.15, -0.1) is 0 Å². The molecule has 0 fully saturated rings. The van der Waals surface area contributed by atoms with E-state index in [0.717, 1.165) is 10.8 Å². The molecule has 0 saturated heterocycles. The highest BCUT2D eigenvalue weighted by atomic mass is 79.9. The molecule has 0 spiro atoms. The molecular formula is C26H19BrClFN2O3. The van der Waals surface area contributed by atoms with Crippen LogP contribution in [0.2, 0.25) is 5.02 Å². The normalized spacial score (nSPS) is 11.1. The first-order valence-corrected chi connectivity index (χ1v) is 11.4. The van der Waals surface area contributed by atoms with Crippen LogP contribution in [0.1, 0.15) is 21.5 Å². The maximum absolute atomic E-state index is 13.8. The molecule has 4 aromatic carbocycles. The van der Waals surface area contributed by atoms with Crippen molar-refractivity contribution >= 4 is 50.4 Å². The Morgan fingerprint density at radius 2 is 1.79 bits per heavy atom. The highest BCUT2D eigenvalue weighted by molar-refractivity contribution is 9.10. The summed E-state index contributed by atoms with van der Waals surface area (Å²) in [6.07, 6.45) is 1.46. The number of hydrazone groups is 1. The third kappa shape index (κ3) is 5.38. The van der Waals surface area contributed by atoms with Crippen molar-refractivity contribution < 1.29 is 18.7 Å². The fourth-order valence-corrected chi connectivity index (χ4v) is 4.34. The Labute approximate surface area is 209 Å². The van der Waals surface area contributed by atoms with E-state index in [9.17, 15) is 9.18 Å². The third-order valence-electron chi connectivity index (χ3n) is 5.04. The molecule has 0 aliphatic rings. The predicted molar refractivity (Wildman–Crippen MR) is 135 cm³/mol. The van der Waals surface area contributed by atoms with Gasteiger partial charge in [-0.2, -0.15) is 5.10 Å². The zero-order valence-electron chi connectivity index (χ0n) is 18.0. The number of amides is 1. The standard InChI is InChI=1S/C26H19BrClFN2O3/c1-33-24-13-18-7-3-2-6-17(18)12-20(24)26(32)31-30-14-16-10-21(27)25(22(28)11-16)34-15-19-8-4-5-9-23(19)29/h2-14H,15H2,1H3,(H,31,32)/b30-14-. The molecule has 8 heteroatoms. The number of fused-ring (bicyclic) bond motifs is 1. The summed E-state index contributed by atoms with van der Waals surface area (Å²) in [4.78, 5) is 12.7. The number of hydrogen-bond acceptors (Lipinski definition) is 4. The quantitative estimate of drug-likeness (QED) is 0.208. The van der Waals surface area contributed by atoms with Gasteiger partial charge in [0.05, 0.1) is 28.4 Å². The number of benzene rings is 4.